The summed E-state index contributed by atoms with van der Waals surface area (Å²) in [6.45, 7) is 15.1. The van der Waals surface area contributed by atoms with Crippen LogP contribution >= 0.6 is 35.6 Å². The minimum absolute atomic E-state index is 0.222. The second-order valence-corrected chi connectivity index (χ2v) is 17.3. The molecule has 0 bridgehead atoms. The van der Waals surface area contributed by atoms with Crippen LogP contribution in [0.25, 0.3) is 0 Å². The average molecular weight is 579 g/mol. The van der Waals surface area contributed by atoms with Gasteiger partial charge < -0.3 is 13.6 Å². The zero-order valence-electron chi connectivity index (χ0n) is 21.1. The summed E-state index contributed by atoms with van der Waals surface area (Å²) in [6, 6.07) is 1.74. The lowest BCUT2D eigenvalue weighted by atomic mass is 10.2. The van der Waals surface area contributed by atoms with E-state index < -0.39 is 12.4 Å². The molecule has 0 aromatic carbocycles. The van der Waals surface area contributed by atoms with Crippen LogP contribution in [0.15, 0.2) is 6.07 Å². The molecule has 0 spiro atoms. The van der Waals surface area contributed by atoms with Gasteiger partial charge in [0.1, 0.15) is 5.82 Å². The maximum atomic E-state index is 5.68. The summed E-state index contributed by atoms with van der Waals surface area (Å²) in [5, 5.41) is 0. The second-order valence-electron chi connectivity index (χ2n) is 6.55. The monoisotopic (exact) mass is 578 g/mol. The molecule has 1 heterocycles. The Morgan fingerprint density at radius 1 is 0.879 bits per heavy atom. The smallest absolute Gasteiger partial charge is 0.381 e. The zero-order chi connectivity index (χ0) is 25.3. The van der Waals surface area contributed by atoms with Gasteiger partial charge >= 0.3 is 6.72 Å². The molecule has 1 rings (SSSR count). The molecule has 0 radical (unpaired) electrons. The number of hydrogen-bond acceptors (Lipinski definition) is 11. The van der Waals surface area contributed by atoms with Crippen molar-refractivity contribution in [3.05, 3.63) is 17.6 Å². The average Bonchev–Trinajstić information content (AvgIpc) is 2.72. The molecule has 0 aliphatic carbocycles. The lowest BCUT2D eigenvalue weighted by Crippen LogP contribution is -2.06. The van der Waals surface area contributed by atoms with E-state index in [2.05, 4.69) is 16.9 Å². The third-order valence-electron chi connectivity index (χ3n) is 3.40. The minimum Gasteiger partial charge on any atom is -0.406 e. The van der Waals surface area contributed by atoms with Gasteiger partial charge in [-0.05, 0) is 52.2 Å². The van der Waals surface area contributed by atoms with Gasteiger partial charge in [0.05, 0.1) is 26.4 Å². The molecule has 33 heavy (non-hydrogen) atoms. The maximum Gasteiger partial charge on any atom is 0.381 e. The van der Waals surface area contributed by atoms with Crippen molar-refractivity contribution in [3.63, 3.8) is 0 Å². The summed E-state index contributed by atoms with van der Waals surface area (Å²) in [6.07, 6.45) is 0. The van der Waals surface area contributed by atoms with Gasteiger partial charge in [0, 0.05) is 41.0 Å². The summed E-state index contributed by atoms with van der Waals surface area (Å²) in [5.41, 5.74) is -1.19. The van der Waals surface area contributed by atoms with Crippen molar-refractivity contribution in [2.45, 2.75) is 61.3 Å². The molecule has 0 amide bonds. The molecule has 0 fully saturated rings. The van der Waals surface area contributed by atoms with Crippen LogP contribution < -0.4 is 4.52 Å². The Morgan fingerprint density at radius 2 is 1.42 bits per heavy atom. The quantitative estimate of drug-likeness (QED) is 0.146. The predicted molar refractivity (Wildman–Crippen MR) is 152 cm³/mol. The Labute approximate surface area is 219 Å². The number of nitrogens with zero attached hydrogens (tertiary/aromatic N) is 2. The Balaban J connectivity index is 0.000000653. The molecular formula is C20H40N2O5P2S4. The van der Waals surface area contributed by atoms with Gasteiger partial charge in [-0.15, -0.1) is 0 Å². The van der Waals surface area contributed by atoms with Gasteiger partial charge in [-0.1, -0.05) is 32.2 Å². The summed E-state index contributed by atoms with van der Waals surface area (Å²) < 4.78 is 27.6. The number of aryl methyl sites for hydroxylation is 1. The van der Waals surface area contributed by atoms with Crippen LogP contribution in [0, 0.1) is 6.92 Å². The second kappa shape index (κ2) is 18.9. The SMILES string of the molecule is CCOP(=S)(OCC)Oc1cc(C)nc(C(C)C)n1.CCOP(=S)(OCC)SCCSCC. The topological polar surface area (TPSA) is 71.9 Å². The Bertz CT molecular complexity index is 739. The highest BCUT2D eigenvalue weighted by Gasteiger charge is 2.23. The zero-order valence-corrected chi connectivity index (χ0v) is 26.1. The van der Waals surface area contributed by atoms with Crippen LogP contribution in [0.1, 0.15) is 65.9 Å². The molecule has 0 aliphatic rings. The van der Waals surface area contributed by atoms with Gasteiger partial charge in [-0.2, -0.15) is 16.7 Å². The van der Waals surface area contributed by atoms with Crippen molar-refractivity contribution in [3.8, 4) is 5.88 Å². The maximum absolute atomic E-state index is 5.68. The first-order valence-electron chi connectivity index (χ1n) is 11.1. The van der Waals surface area contributed by atoms with Crippen molar-refractivity contribution < 1.29 is 22.6 Å². The summed E-state index contributed by atoms with van der Waals surface area (Å²) in [5.74, 6) is 4.67. The van der Waals surface area contributed by atoms with Crippen molar-refractivity contribution in [1.82, 2.24) is 9.97 Å². The lowest BCUT2D eigenvalue weighted by Gasteiger charge is -2.20. The van der Waals surface area contributed by atoms with Gasteiger partial charge in [0.25, 0.3) is 0 Å². The normalized spacial score (nSPS) is 11.9. The summed E-state index contributed by atoms with van der Waals surface area (Å²) >= 11 is 14.3. The molecule has 1 aromatic heterocycles. The van der Waals surface area contributed by atoms with E-state index in [9.17, 15) is 0 Å². The van der Waals surface area contributed by atoms with Crippen LogP contribution in [0.5, 0.6) is 5.88 Å². The first-order valence-corrected chi connectivity index (χ1v) is 19.1. The molecule has 0 N–H and O–H groups in total. The van der Waals surface area contributed by atoms with Crippen LogP contribution in [0.2, 0.25) is 0 Å². The number of aromatic nitrogens is 2. The lowest BCUT2D eigenvalue weighted by molar-refractivity contribution is 0.215. The first kappa shape index (κ1) is 33.7. The van der Waals surface area contributed by atoms with Gasteiger partial charge in [0.2, 0.25) is 11.6 Å². The van der Waals surface area contributed by atoms with Gasteiger partial charge in [0.15, 0.2) is 0 Å². The van der Waals surface area contributed by atoms with E-state index in [4.69, 9.17) is 46.2 Å². The van der Waals surface area contributed by atoms with Crippen LogP contribution in [0.3, 0.4) is 0 Å². The number of hydrogen-bond donors (Lipinski definition) is 0. The fourth-order valence-electron chi connectivity index (χ4n) is 2.17. The van der Waals surface area contributed by atoms with Crippen molar-refractivity contribution >= 4 is 59.2 Å². The highest BCUT2D eigenvalue weighted by atomic mass is 32.9. The Hall–Kier alpha value is 0.720. The van der Waals surface area contributed by atoms with E-state index in [1.807, 2.05) is 60.2 Å². The van der Waals surface area contributed by atoms with Crippen LogP contribution in [0.4, 0.5) is 0 Å². The van der Waals surface area contributed by atoms with E-state index in [1.54, 1.807) is 17.4 Å². The van der Waals surface area contributed by atoms with E-state index >= 15 is 0 Å². The van der Waals surface area contributed by atoms with E-state index in [0.717, 1.165) is 28.8 Å². The van der Waals surface area contributed by atoms with Crippen molar-refractivity contribution in [2.24, 2.45) is 0 Å². The largest absolute Gasteiger partial charge is 0.406 e. The molecule has 194 valence electrons. The Morgan fingerprint density at radius 3 is 1.88 bits per heavy atom. The van der Waals surface area contributed by atoms with E-state index in [-0.39, 0.29) is 5.92 Å². The van der Waals surface area contributed by atoms with Crippen LogP contribution in [-0.2, 0) is 41.7 Å². The molecule has 0 saturated heterocycles. The molecule has 0 saturated carbocycles. The molecule has 0 atom stereocenters. The number of rotatable bonds is 16. The first-order chi connectivity index (χ1) is 15.6. The third-order valence-corrected chi connectivity index (χ3v) is 12.5. The van der Waals surface area contributed by atoms with Crippen molar-refractivity contribution in [2.75, 3.05) is 43.7 Å². The molecule has 0 aliphatic heterocycles. The van der Waals surface area contributed by atoms with E-state index in [0.29, 0.717) is 32.3 Å². The molecule has 0 unspecified atom stereocenters. The Kier molecular flexibility index (Phi) is 19.3. The fraction of sp³-hybridized carbons (Fsp3) is 0.800. The van der Waals surface area contributed by atoms with Crippen molar-refractivity contribution in [1.29, 1.82) is 0 Å². The fourth-order valence-corrected chi connectivity index (χ4v) is 10.0. The standard InChI is InChI=1S/C12H21N2O3PS.C8H19O2PS3/c1-6-15-18(19,16-7-2)17-11-8-10(5)13-12(14-11)9(3)4;1-4-9-11(12,10-5-2)14-8-7-13-6-3/h8-9H,6-7H2,1-5H3;4-8H2,1-3H3. The summed E-state index contributed by atoms with van der Waals surface area (Å²) in [7, 11) is 0. The van der Waals surface area contributed by atoms with Crippen LogP contribution in [-0.4, -0.2) is 53.7 Å². The predicted octanol–water partition coefficient (Wildman–Crippen LogP) is 7.35. The van der Waals surface area contributed by atoms with E-state index in [1.165, 1.54) is 0 Å². The summed E-state index contributed by atoms with van der Waals surface area (Å²) in [4.78, 5) is 8.71. The molecule has 13 heteroatoms. The number of thioether (sulfide) groups is 1. The minimum atomic E-state index is -2.77. The highest BCUT2D eigenvalue weighted by molar-refractivity contribution is 8.68. The van der Waals surface area contributed by atoms with Gasteiger partial charge in [-0.25, -0.2) is 4.98 Å². The molecule has 1 aromatic rings. The third kappa shape index (κ3) is 15.4. The highest BCUT2D eigenvalue weighted by Crippen LogP contribution is 2.60. The molecule has 7 nitrogen and oxygen atoms in total. The van der Waals surface area contributed by atoms with Gasteiger partial charge in [-0.3, -0.25) is 9.05 Å². The molecular weight excluding hydrogens is 538 g/mol.